The zero-order valence-electron chi connectivity index (χ0n) is 15.4. The van der Waals surface area contributed by atoms with Crippen molar-refractivity contribution in [2.75, 3.05) is 27.4 Å². The lowest BCUT2D eigenvalue weighted by molar-refractivity contribution is 0.144. The summed E-state index contributed by atoms with van der Waals surface area (Å²) in [6.45, 7) is 1.69. The molecule has 1 aliphatic carbocycles. The van der Waals surface area contributed by atoms with E-state index in [9.17, 15) is 4.79 Å². The van der Waals surface area contributed by atoms with E-state index >= 15 is 0 Å². The molecule has 1 N–H and O–H groups in total. The summed E-state index contributed by atoms with van der Waals surface area (Å²) >= 11 is 1.65. The molecular weight excluding hydrogens is 348 g/mol. The second-order valence-corrected chi connectivity index (χ2v) is 7.29. The lowest BCUT2D eigenvalue weighted by Crippen LogP contribution is -2.43. The van der Waals surface area contributed by atoms with Crippen molar-refractivity contribution >= 4 is 17.4 Å². The van der Waals surface area contributed by atoms with Gasteiger partial charge in [0.05, 0.1) is 19.8 Å². The molecule has 2 amide bonds. The van der Waals surface area contributed by atoms with Gasteiger partial charge in [0.1, 0.15) is 5.75 Å². The minimum atomic E-state index is -0.0399. The number of nitrogens with zero attached hydrogens (tertiary/aromatic N) is 1. The van der Waals surface area contributed by atoms with E-state index in [1.165, 1.54) is 11.1 Å². The van der Waals surface area contributed by atoms with Gasteiger partial charge in [0.25, 0.3) is 0 Å². The summed E-state index contributed by atoms with van der Waals surface area (Å²) in [5, 5.41) is 7.34. The van der Waals surface area contributed by atoms with Gasteiger partial charge in [-0.3, -0.25) is 0 Å². The Kier molecular flexibility index (Phi) is 6.52. The number of fused-ring (bicyclic) bond motifs is 1. The first-order chi connectivity index (χ1) is 12.7. The molecule has 26 heavy (non-hydrogen) atoms. The summed E-state index contributed by atoms with van der Waals surface area (Å²) in [5.74, 6) is 0.870. The Morgan fingerprint density at radius 2 is 2.23 bits per heavy atom. The van der Waals surface area contributed by atoms with Gasteiger partial charge in [-0.2, -0.15) is 11.3 Å². The summed E-state index contributed by atoms with van der Waals surface area (Å²) in [4.78, 5) is 14.7. The number of nitrogens with one attached hydrogen (secondary N) is 1. The van der Waals surface area contributed by atoms with Crippen LogP contribution in [0.15, 0.2) is 35.0 Å². The molecule has 1 aromatic heterocycles. The fourth-order valence-corrected chi connectivity index (χ4v) is 4.02. The second kappa shape index (κ2) is 9.05. The van der Waals surface area contributed by atoms with Gasteiger partial charge in [0, 0.05) is 20.2 Å². The fraction of sp³-hybridized carbons (Fsp3) is 0.450. The molecule has 5 nitrogen and oxygen atoms in total. The Labute approximate surface area is 158 Å². The Morgan fingerprint density at radius 3 is 2.96 bits per heavy atom. The van der Waals surface area contributed by atoms with Crippen LogP contribution >= 0.6 is 11.3 Å². The van der Waals surface area contributed by atoms with Crippen molar-refractivity contribution in [2.24, 2.45) is 0 Å². The van der Waals surface area contributed by atoms with Crippen LogP contribution in [0.5, 0.6) is 5.75 Å². The van der Waals surface area contributed by atoms with Gasteiger partial charge >= 0.3 is 6.03 Å². The average molecular weight is 375 g/mol. The van der Waals surface area contributed by atoms with E-state index in [4.69, 9.17) is 9.47 Å². The molecule has 3 rings (SSSR count). The van der Waals surface area contributed by atoms with Gasteiger partial charge in [-0.1, -0.05) is 6.07 Å². The zero-order chi connectivity index (χ0) is 18.4. The number of aryl methyl sites for hydroxylation is 1. The van der Waals surface area contributed by atoms with Gasteiger partial charge in [0.15, 0.2) is 0 Å². The Hall–Kier alpha value is -2.05. The molecule has 0 aliphatic heterocycles. The van der Waals surface area contributed by atoms with Crippen LogP contribution in [0, 0.1) is 0 Å². The first-order valence-electron chi connectivity index (χ1n) is 8.93. The van der Waals surface area contributed by atoms with Crippen molar-refractivity contribution in [3.63, 3.8) is 0 Å². The van der Waals surface area contributed by atoms with E-state index in [1.54, 1.807) is 25.6 Å². The van der Waals surface area contributed by atoms with E-state index in [1.807, 2.05) is 16.3 Å². The summed E-state index contributed by atoms with van der Waals surface area (Å²) in [6.07, 6.45) is 3.05. The van der Waals surface area contributed by atoms with Crippen LogP contribution in [0.3, 0.4) is 0 Å². The smallest absolute Gasteiger partial charge is 0.318 e. The number of carbonyl (C=O) groups excluding carboxylic acids is 1. The molecule has 1 heterocycles. The molecule has 0 spiro atoms. The minimum Gasteiger partial charge on any atom is -0.497 e. The van der Waals surface area contributed by atoms with Gasteiger partial charge in [0.2, 0.25) is 0 Å². The molecule has 1 aliphatic rings. The normalized spacial score (nSPS) is 16.0. The van der Waals surface area contributed by atoms with Crippen LogP contribution in [0.2, 0.25) is 0 Å². The summed E-state index contributed by atoms with van der Waals surface area (Å²) in [6, 6.07) is 8.20. The first-order valence-corrected chi connectivity index (χ1v) is 9.88. The Balaban J connectivity index is 1.71. The molecule has 0 bridgehead atoms. The molecule has 0 saturated carbocycles. The van der Waals surface area contributed by atoms with E-state index < -0.39 is 0 Å². The van der Waals surface area contributed by atoms with Crippen LogP contribution in [-0.4, -0.2) is 38.3 Å². The second-order valence-electron chi connectivity index (χ2n) is 6.51. The highest BCUT2D eigenvalue weighted by Crippen LogP contribution is 2.32. The number of carbonyl (C=O) groups is 1. The third-order valence-electron chi connectivity index (χ3n) is 4.77. The largest absolute Gasteiger partial charge is 0.497 e. The molecule has 6 heteroatoms. The Bertz CT molecular complexity index is 718. The van der Waals surface area contributed by atoms with Gasteiger partial charge in [-0.05, 0) is 64.9 Å². The van der Waals surface area contributed by atoms with Crippen molar-refractivity contribution in [3.05, 3.63) is 51.7 Å². The number of rotatable bonds is 7. The maximum Gasteiger partial charge on any atom is 0.318 e. The summed E-state index contributed by atoms with van der Waals surface area (Å²) in [5.41, 5.74) is 3.62. The number of methoxy groups -OCH3 is 2. The predicted octanol–water partition coefficient (Wildman–Crippen LogP) is 3.99. The quantitative estimate of drug-likeness (QED) is 0.797. The molecule has 140 valence electrons. The van der Waals surface area contributed by atoms with E-state index in [0.29, 0.717) is 19.7 Å². The van der Waals surface area contributed by atoms with Crippen LogP contribution in [0.4, 0.5) is 4.79 Å². The predicted molar refractivity (Wildman–Crippen MR) is 104 cm³/mol. The standard InChI is InChI=1S/C20H26N2O3S/c1-24-10-9-22(13-15-8-11-26-14-15)20(23)21-19-5-3-4-16-12-17(25-2)6-7-18(16)19/h6-8,11-12,14,19H,3-5,9-10,13H2,1-2H3,(H,21,23)/t19-/m0/s1. The number of urea groups is 1. The van der Waals surface area contributed by atoms with Crippen molar-refractivity contribution < 1.29 is 14.3 Å². The van der Waals surface area contributed by atoms with Gasteiger partial charge in [-0.25, -0.2) is 4.79 Å². The van der Waals surface area contributed by atoms with Crippen LogP contribution < -0.4 is 10.1 Å². The lowest BCUT2D eigenvalue weighted by Gasteiger charge is -2.30. The van der Waals surface area contributed by atoms with Gasteiger partial charge in [-0.15, -0.1) is 0 Å². The summed E-state index contributed by atoms with van der Waals surface area (Å²) in [7, 11) is 3.34. The molecule has 2 aromatic rings. The van der Waals surface area contributed by atoms with Crippen LogP contribution in [0.1, 0.15) is 35.6 Å². The van der Waals surface area contributed by atoms with E-state index in [2.05, 4.69) is 28.9 Å². The third kappa shape index (κ3) is 4.56. The number of ether oxygens (including phenoxy) is 2. The SMILES string of the molecule is COCCN(Cc1ccsc1)C(=O)N[C@H]1CCCc2cc(OC)ccc21. The summed E-state index contributed by atoms with van der Waals surface area (Å²) < 4.78 is 10.5. The molecule has 0 fully saturated rings. The highest BCUT2D eigenvalue weighted by atomic mass is 32.1. The van der Waals surface area contributed by atoms with Gasteiger partial charge < -0.3 is 19.7 Å². The number of thiophene rings is 1. The highest BCUT2D eigenvalue weighted by Gasteiger charge is 2.24. The average Bonchev–Trinajstić information content (AvgIpc) is 3.18. The van der Waals surface area contributed by atoms with Crippen LogP contribution in [-0.2, 0) is 17.7 Å². The maximum absolute atomic E-state index is 12.9. The number of benzene rings is 1. The molecule has 0 saturated heterocycles. The maximum atomic E-state index is 12.9. The molecule has 1 atom stereocenters. The monoisotopic (exact) mass is 374 g/mol. The number of hydrogen-bond donors (Lipinski definition) is 1. The number of hydrogen-bond acceptors (Lipinski definition) is 4. The third-order valence-corrected chi connectivity index (χ3v) is 5.50. The highest BCUT2D eigenvalue weighted by molar-refractivity contribution is 7.07. The van der Waals surface area contributed by atoms with E-state index in [-0.39, 0.29) is 12.1 Å². The fourth-order valence-electron chi connectivity index (χ4n) is 3.36. The first kappa shape index (κ1) is 18.7. The van der Waals surface area contributed by atoms with Crippen LogP contribution in [0.25, 0.3) is 0 Å². The van der Waals surface area contributed by atoms with Crippen molar-refractivity contribution in [3.8, 4) is 5.75 Å². The minimum absolute atomic E-state index is 0.0399. The zero-order valence-corrected chi connectivity index (χ0v) is 16.2. The van der Waals surface area contributed by atoms with E-state index in [0.717, 1.165) is 30.6 Å². The van der Waals surface area contributed by atoms with Crippen molar-refractivity contribution in [1.29, 1.82) is 0 Å². The topological polar surface area (TPSA) is 50.8 Å². The molecular formula is C20H26N2O3S. The lowest BCUT2D eigenvalue weighted by atomic mass is 9.87. The van der Waals surface area contributed by atoms with Crippen molar-refractivity contribution in [2.45, 2.75) is 31.8 Å². The number of amides is 2. The molecule has 0 unspecified atom stereocenters. The molecule has 1 aromatic carbocycles. The Morgan fingerprint density at radius 1 is 1.35 bits per heavy atom. The molecule has 0 radical (unpaired) electrons. The van der Waals surface area contributed by atoms with Crippen molar-refractivity contribution in [1.82, 2.24) is 10.2 Å².